The summed E-state index contributed by atoms with van der Waals surface area (Å²) in [5, 5.41) is 14.5. The molecular formula is C23H20F6N3O5S-. The van der Waals surface area contributed by atoms with Crippen LogP contribution in [0.3, 0.4) is 0 Å². The molecule has 1 N–H and O–H groups in total. The third-order valence-electron chi connectivity index (χ3n) is 5.51. The normalized spacial score (nSPS) is 14.7. The lowest BCUT2D eigenvalue weighted by Gasteiger charge is -2.17. The van der Waals surface area contributed by atoms with Crippen molar-refractivity contribution in [3.05, 3.63) is 40.0 Å². The number of aromatic nitrogens is 2. The van der Waals surface area contributed by atoms with Gasteiger partial charge >= 0.3 is 12.7 Å². The van der Waals surface area contributed by atoms with Gasteiger partial charge in [0.1, 0.15) is 28.3 Å². The predicted octanol–water partition coefficient (Wildman–Crippen LogP) is 4.81. The third kappa shape index (κ3) is 7.16. The molecule has 8 nitrogen and oxygen atoms in total. The number of halogens is 6. The molecule has 38 heavy (non-hydrogen) atoms. The Morgan fingerprint density at radius 3 is 2.29 bits per heavy atom. The van der Waals surface area contributed by atoms with Gasteiger partial charge in [0.25, 0.3) is 0 Å². The maximum Gasteiger partial charge on any atom is 0.573 e. The summed E-state index contributed by atoms with van der Waals surface area (Å²) in [6, 6.07) is 2.34. The predicted molar refractivity (Wildman–Crippen MR) is 121 cm³/mol. The number of rotatable bonds is 9. The molecule has 0 saturated carbocycles. The van der Waals surface area contributed by atoms with E-state index in [2.05, 4.69) is 24.8 Å². The van der Waals surface area contributed by atoms with Gasteiger partial charge in [-0.25, -0.2) is 9.97 Å². The van der Waals surface area contributed by atoms with E-state index >= 15 is 0 Å². The lowest BCUT2D eigenvalue weighted by molar-refractivity contribution is -0.310. The number of carboxylic acid groups (broad SMARTS) is 1. The van der Waals surface area contributed by atoms with E-state index in [-0.39, 0.29) is 23.8 Å². The van der Waals surface area contributed by atoms with Crippen LogP contribution in [0, 0.1) is 0 Å². The molecule has 2 aromatic heterocycles. The van der Waals surface area contributed by atoms with Gasteiger partial charge in [0.05, 0.1) is 18.0 Å². The Hall–Kier alpha value is -3.33. The maximum atomic E-state index is 12.8. The van der Waals surface area contributed by atoms with Gasteiger partial charge in [-0.2, -0.15) is 0 Å². The molecule has 1 aliphatic carbocycles. The van der Waals surface area contributed by atoms with Crippen LogP contribution < -0.4 is 19.9 Å². The molecule has 4 rings (SSSR count). The van der Waals surface area contributed by atoms with E-state index in [9.17, 15) is 36.2 Å². The summed E-state index contributed by atoms with van der Waals surface area (Å²) in [6.45, 7) is 0.605. The van der Waals surface area contributed by atoms with E-state index in [1.54, 1.807) is 6.92 Å². The van der Waals surface area contributed by atoms with Crippen molar-refractivity contribution in [2.75, 3.05) is 11.9 Å². The van der Waals surface area contributed by atoms with Crippen molar-refractivity contribution in [1.82, 2.24) is 9.97 Å². The smallest absolute Gasteiger partial charge is 0.548 e. The minimum absolute atomic E-state index is 0.00957. The summed E-state index contributed by atoms with van der Waals surface area (Å²) in [5.41, 5.74) is 1.01. The van der Waals surface area contributed by atoms with E-state index in [0.717, 1.165) is 48.3 Å². The fourth-order valence-electron chi connectivity index (χ4n) is 4.05. The zero-order chi connectivity index (χ0) is 27.7. The van der Waals surface area contributed by atoms with Crippen LogP contribution in [-0.2, 0) is 28.9 Å². The number of aryl methyl sites for hydroxylation is 2. The summed E-state index contributed by atoms with van der Waals surface area (Å²) in [4.78, 5) is 21.5. The van der Waals surface area contributed by atoms with Gasteiger partial charge in [-0.15, -0.1) is 37.7 Å². The van der Waals surface area contributed by atoms with Gasteiger partial charge in [-0.05, 0) is 55.9 Å². The summed E-state index contributed by atoms with van der Waals surface area (Å²) < 4.78 is 89.4. The van der Waals surface area contributed by atoms with E-state index in [4.69, 9.17) is 4.74 Å². The minimum atomic E-state index is -5.13. The molecule has 0 aliphatic heterocycles. The molecule has 206 valence electrons. The van der Waals surface area contributed by atoms with Crippen LogP contribution in [0.25, 0.3) is 10.2 Å². The van der Waals surface area contributed by atoms with Crippen molar-refractivity contribution in [1.29, 1.82) is 0 Å². The van der Waals surface area contributed by atoms with Crippen LogP contribution in [0.4, 0.5) is 32.2 Å². The highest BCUT2D eigenvalue weighted by atomic mass is 32.1. The molecule has 1 aromatic carbocycles. The molecule has 0 spiro atoms. The second kappa shape index (κ2) is 10.8. The van der Waals surface area contributed by atoms with Gasteiger partial charge in [-0.3, -0.25) is 0 Å². The number of hydrogen-bond donors (Lipinski definition) is 1. The number of nitrogens with one attached hydrogen (secondary N) is 1. The number of carbonyl (C=O) groups excluding carboxylic acids is 1. The van der Waals surface area contributed by atoms with Gasteiger partial charge < -0.3 is 29.4 Å². The number of alkyl halides is 6. The van der Waals surface area contributed by atoms with Crippen LogP contribution in [-0.4, -0.2) is 35.3 Å². The topological polar surface area (TPSA) is 106 Å². The fraction of sp³-hybridized carbons (Fsp3) is 0.435. The minimum Gasteiger partial charge on any atom is -0.548 e. The number of hydrogen-bond acceptors (Lipinski definition) is 9. The molecule has 0 saturated heterocycles. The largest absolute Gasteiger partial charge is 0.573 e. The molecule has 15 heteroatoms. The first kappa shape index (κ1) is 27.7. The number of anilines is 1. The second-order valence-electron chi connectivity index (χ2n) is 8.41. The number of nitrogens with zero attached hydrogens (tertiary/aromatic N) is 2. The quantitative estimate of drug-likeness (QED) is 0.370. The Morgan fingerprint density at radius 2 is 1.68 bits per heavy atom. The first-order valence-corrected chi connectivity index (χ1v) is 12.1. The van der Waals surface area contributed by atoms with Gasteiger partial charge in [-0.1, -0.05) is 0 Å². The van der Waals surface area contributed by atoms with Crippen LogP contribution >= 0.6 is 11.3 Å². The monoisotopic (exact) mass is 564 g/mol. The molecular weight excluding hydrogens is 544 g/mol. The Labute approximate surface area is 215 Å². The average Bonchev–Trinajstić information content (AvgIpc) is 3.17. The number of ether oxygens (including phenoxy) is 3. The lowest BCUT2D eigenvalue weighted by atomic mass is 9.97. The van der Waals surface area contributed by atoms with Crippen molar-refractivity contribution < 1.29 is 50.5 Å². The summed E-state index contributed by atoms with van der Waals surface area (Å²) in [7, 11) is 0. The zero-order valence-electron chi connectivity index (χ0n) is 19.7. The average molecular weight is 564 g/mol. The summed E-state index contributed by atoms with van der Waals surface area (Å²) in [5.74, 6) is -2.77. The highest BCUT2D eigenvalue weighted by molar-refractivity contribution is 7.19. The van der Waals surface area contributed by atoms with Crippen LogP contribution in [0.2, 0.25) is 0 Å². The molecule has 1 atom stereocenters. The number of carboxylic acids is 1. The first-order valence-electron chi connectivity index (χ1n) is 11.3. The van der Waals surface area contributed by atoms with Crippen molar-refractivity contribution in [2.45, 2.75) is 58.0 Å². The SMILES string of the molecule is CC(OCC(=O)[O-])c1nc(NCc2cc(OC(F)(F)F)cc(OC(F)(F)F)c2)c2c3c(sc2n1)CCCC3. The molecule has 0 fully saturated rings. The molecule has 0 radical (unpaired) electrons. The Balaban J connectivity index is 1.69. The second-order valence-corrected chi connectivity index (χ2v) is 9.49. The highest BCUT2D eigenvalue weighted by Gasteiger charge is 2.34. The molecule has 0 amide bonds. The van der Waals surface area contributed by atoms with E-state index < -0.39 is 42.9 Å². The van der Waals surface area contributed by atoms with Crippen molar-refractivity contribution in [3.63, 3.8) is 0 Å². The molecule has 1 aliphatic rings. The Kier molecular flexibility index (Phi) is 7.88. The fourth-order valence-corrected chi connectivity index (χ4v) is 5.32. The third-order valence-corrected chi connectivity index (χ3v) is 6.70. The number of benzene rings is 1. The zero-order valence-corrected chi connectivity index (χ0v) is 20.5. The molecule has 1 unspecified atom stereocenters. The standard InChI is InChI=1S/C23H21F6N3O5S/c1-11(35-10-17(33)34)19-31-20(18-15-4-2-3-5-16(15)38-21(18)32-19)30-9-12-6-13(36-22(24,25)26)8-14(7-12)37-23(27,28)29/h6-8,11H,2-5,9-10H2,1H3,(H,33,34)(H,30,31,32)/p-1. The first-order chi connectivity index (χ1) is 17.8. The van der Waals surface area contributed by atoms with Gasteiger partial charge in [0, 0.05) is 17.5 Å². The number of thiophene rings is 1. The van der Waals surface area contributed by atoms with Crippen LogP contribution in [0.1, 0.15) is 47.7 Å². The van der Waals surface area contributed by atoms with Crippen LogP contribution in [0.5, 0.6) is 11.5 Å². The number of aliphatic carboxylic acids is 1. The van der Waals surface area contributed by atoms with Gasteiger partial charge in [0.2, 0.25) is 0 Å². The van der Waals surface area contributed by atoms with Crippen molar-refractivity contribution in [2.24, 2.45) is 0 Å². The Bertz CT molecular complexity index is 1290. The van der Waals surface area contributed by atoms with Crippen molar-refractivity contribution >= 4 is 33.3 Å². The maximum absolute atomic E-state index is 12.8. The molecule has 2 heterocycles. The van der Waals surface area contributed by atoms with E-state index in [0.29, 0.717) is 16.3 Å². The van der Waals surface area contributed by atoms with Crippen molar-refractivity contribution in [3.8, 4) is 11.5 Å². The molecule has 0 bridgehead atoms. The summed E-state index contributed by atoms with van der Waals surface area (Å²) in [6.07, 6.45) is -7.60. The van der Waals surface area contributed by atoms with E-state index in [1.807, 2.05) is 0 Å². The summed E-state index contributed by atoms with van der Waals surface area (Å²) >= 11 is 1.44. The Morgan fingerprint density at radius 1 is 1.05 bits per heavy atom. The highest BCUT2D eigenvalue weighted by Crippen LogP contribution is 2.40. The lowest BCUT2D eigenvalue weighted by Crippen LogP contribution is -2.28. The van der Waals surface area contributed by atoms with E-state index in [1.165, 1.54) is 11.3 Å². The number of carbonyl (C=O) groups is 1. The number of fused-ring (bicyclic) bond motifs is 3. The van der Waals surface area contributed by atoms with Crippen LogP contribution in [0.15, 0.2) is 18.2 Å². The molecule has 3 aromatic rings. The van der Waals surface area contributed by atoms with Gasteiger partial charge in [0.15, 0.2) is 5.82 Å².